The van der Waals surface area contributed by atoms with E-state index in [0.717, 1.165) is 64.9 Å². The molecule has 1 aliphatic heterocycles. The van der Waals surface area contributed by atoms with E-state index in [4.69, 9.17) is 4.42 Å². The van der Waals surface area contributed by atoms with Gasteiger partial charge in [-0.2, -0.15) is 0 Å². The summed E-state index contributed by atoms with van der Waals surface area (Å²) >= 11 is 0. The first-order valence-electron chi connectivity index (χ1n) is 14.6. The first-order valence-corrected chi connectivity index (χ1v) is 14.6. The molecule has 0 spiro atoms. The van der Waals surface area contributed by atoms with Crippen LogP contribution in [0, 0.1) is 0 Å². The lowest BCUT2D eigenvalue weighted by Crippen LogP contribution is -2.21. The van der Waals surface area contributed by atoms with Gasteiger partial charge in [0.25, 0.3) is 0 Å². The van der Waals surface area contributed by atoms with Gasteiger partial charge in [-0.15, -0.1) is 0 Å². The number of fused-ring (bicyclic) bond motifs is 5. The molecular weight excluding hydrogens is 520 g/mol. The second-order valence-corrected chi connectivity index (χ2v) is 11.3. The number of nitrogens with zero attached hydrogens (tertiary/aromatic N) is 2. The number of benzene rings is 4. The van der Waals surface area contributed by atoms with E-state index in [0.29, 0.717) is 0 Å². The normalized spacial score (nSPS) is 14.1. The highest BCUT2D eigenvalue weighted by Gasteiger charge is 2.26. The lowest BCUT2D eigenvalue weighted by molar-refractivity contribution is 0.0697. The summed E-state index contributed by atoms with van der Waals surface area (Å²) in [6, 6.07) is 29.0. The molecule has 0 radical (unpaired) electrons. The second-order valence-electron chi connectivity index (χ2n) is 11.3. The molecule has 0 bridgehead atoms. The zero-order valence-electron chi connectivity index (χ0n) is 24.1. The third kappa shape index (κ3) is 4.24. The van der Waals surface area contributed by atoms with Gasteiger partial charge in [0.1, 0.15) is 25.6 Å². The number of aromatic carboxylic acids is 1. The summed E-state index contributed by atoms with van der Waals surface area (Å²) < 4.78 is 11.2. The van der Waals surface area contributed by atoms with Gasteiger partial charge in [-0.3, -0.25) is 0 Å². The number of allylic oxidation sites excluding steroid dienone is 1. The molecule has 5 heteroatoms. The van der Waals surface area contributed by atoms with E-state index in [9.17, 15) is 9.90 Å². The van der Waals surface area contributed by atoms with E-state index < -0.39 is 5.97 Å². The molecule has 42 heavy (non-hydrogen) atoms. The molecule has 0 amide bonds. The first-order chi connectivity index (χ1) is 20.4. The van der Waals surface area contributed by atoms with E-state index >= 15 is 0 Å². The maximum Gasteiger partial charge on any atom is 0.335 e. The largest absolute Gasteiger partial charge is 0.478 e. The average molecular weight is 554 g/mol. The summed E-state index contributed by atoms with van der Waals surface area (Å²) in [6.45, 7) is 3.12. The van der Waals surface area contributed by atoms with Crippen LogP contribution in [-0.2, 0) is 13.0 Å². The number of carboxylic acids is 1. The van der Waals surface area contributed by atoms with Crippen molar-refractivity contribution in [1.29, 1.82) is 0 Å². The van der Waals surface area contributed by atoms with Gasteiger partial charge in [-0.1, -0.05) is 36.4 Å². The number of carbonyl (C=O) groups is 1. The highest BCUT2D eigenvalue weighted by Crippen LogP contribution is 2.45. The summed E-state index contributed by atoms with van der Waals surface area (Å²) in [6.07, 6.45) is 5.15. The quantitative estimate of drug-likeness (QED) is 0.227. The molecule has 3 aliphatic rings. The van der Waals surface area contributed by atoms with Crippen LogP contribution in [0.2, 0.25) is 0 Å². The minimum atomic E-state index is -0.920. The van der Waals surface area contributed by atoms with Gasteiger partial charge < -0.3 is 14.1 Å². The molecule has 3 aromatic carbocycles. The monoisotopic (exact) mass is 553 g/mol. The molecular formula is C37H33N2O3+. The molecule has 0 fully saturated rings. The van der Waals surface area contributed by atoms with Crippen LogP contribution in [0.25, 0.3) is 55.9 Å². The van der Waals surface area contributed by atoms with Crippen LogP contribution in [0.5, 0.6) is 0 Å². The van der Waals surface area contributed by atoms with E-state index in [1.807, 2.05) is 26.2 Å². The van der Waals surface area contributed by atoms with E-state index in [-0.39, 0.29) is 5.56 Å². The van der Waals surface area contributed by atoms with Crippen molar-refractivity contribution in [3.05, 3.63) is 113 Å². The highest BCUT2D eigenvalue weighted by molar-refractivity contribution is 6.09. The number of hydrogen-bond donors (Lipinski definition) is 1. The summed E-state index contributed by atoms with van der Waals surface area (Å²) in [7, 11) is 4.06. The number of aryl methyl sites for hydroxylation is 1. The molecule has 0 saturated heterocycles. The predicted molar refractivity (Wildman–Crippen MR) is 171 cm³/mol. The van der Waals surface area contributed by atoms with Crippen molar-refractivity contribution in [3.63, 3.8) is 0 Å². The van der Waals surface area contributed by atoms with Crippen molar-refractivity contribution in [1.82, 2.24) is 9.14 Å². The standard InChI is InChI=1S/C37H32N2O3/c1-4-39-32-11-6-5-9-28(32)31-21-23(12-19-33(31)39)20-26-8-7-10-30-35(24-13-15-25(16-14-24)37(40)41)29-18-17-27(38(2)3)22-34(29)42-36(26)30/h5-6,9,11-22H,4,7-8,10H2,1-3H3/p+1. The van der Waals surface area contributed by atoms with Crippen molar-refractivity contribution in [2.24, 2.45) is 0 Å². The van der Waals surface area contributed by atoms with Gasteiger partial charge in [-0.25, -0.2) is 9.37 Å². The number of carboxylic acid groups (broad SMARTS) is 1. The van der Waals surface area contributed by atoms with Crippen molar-refractivity contribution < 1.29 is 14.3 Å². The van der Waals surface area contributed by atoms with Crippen LogP contribution in [0.4, 0.5) is 0 Å². The van der Waals surface area contributed by atoms with Crippen molar-refractivity contribution in [3.8, 4) is 22.5 Å². The molecule has 2 aliphatic carbocycles. The fourth-order valence-corrected chi connectivity index (χ4v) is 6.54. The number of para-hydroxylation sites is 1. The zero-order valence-corrected chi connectivity index (χ0v) is 24.1. The molecule has 0 unspecified atom stereocenters. The van der Waals surface area contributed by atoms with Gasteiger partial charge in [-0.05, 0) is 90.9 Å². The minimum absolute atomic E-state index is 0.285. The minimum Gasteiger partial charge on any atom is -0.478 e. The fourth-order valence-electron chi connectivity index (χ4n) is 6.54. The van der Waals surface area contributed by atoms with Crippen LogP contribution in [0.1, 0.15) is 47.0 Å². The van der Waals surface area contributed by atoms with Crippen LogP contribution < -0.4 is 9.93 Å². The third-order valence-corrected chi connectivity index (χ3v) is 8.58. The van der Waals surface area contributed by atoms with Gasteiger partial charge in [0.2, 0.25) is 5.36 Å². The lowest BCUT2D eigenvalue weighted by Gasteiger charge is -2.25. The first kappa shape index (κ1) is 26.0. The second kappa shape index (κ2) is 10.2. The van der Waals surface area contributed by atoms with Gasteiger partial charge in [0.15, 0.2) is 0 Å². The Morgan fingerprint density at radius 2 is 1.71 bits per heavy atom. The smallest absolute Gasteiger partial charge is 0.335 e. The van der Waals surface area contributed by atoms with Crippen LogP contribution >= 0.6 is 0 Å². The molecule has 1 aromatic heterocycles. The maximum absolute atomic E-state index is 11.6. The third-order valence-electron chi connectivity index (χ3n) is 8.58. The summed E-state index contributed by atoms with van der Waals surface area (Å²) in [5.41, 5.74) is 9.51. The molecule has 5 nitrogen and oxygen atoms in total. The Balaban J connectivity index is 1.45. The Morgan fingerprint density at radius 1 is 0.929 bits per heavy atom. The van der Waals surface area contributed by atoms with E-state index in [1.165, 1.54) is 32.9 Å². The number of hydrogen-bond acceptors (Lipinski definition) is 2. The van der Waals surface area contributed by atoms with E-state index in [1.54, 1.807) is 12.1 Å². The Bertz CT molecular complexity index is 2090. The van der Waals surface area contributed by atoms with Crippen LogP contribution in [0.3, 0.4) is 0 Å². The summed E-state index contributed by atoms with van der Waals surface area (Å²) in [5, 5.41) is 13.1. The zero-order chi connectivity index (χ0) is 29.0. The van der Waals surface area contributed by atoms with Crippen LogP contribution in [-0.4, -0.2) is 29.7 Å². The van der Waals surface area contributed by atoms with Crippen molar-refractivity contribution in [2.45, 2.75) is 32.7 Å². The predicted octanol–water partition coefficient (Wildman–Crippen LogP) is 7.79. The van der Waals surface area contributed by atoms with Gasteiger partial charge in [0, 0.05) is 45.5 Å². The van der Waals surface area contributed by atoms with Crippen LogP contribution in [0.15, 0.2) is 89.3 Å². The molecule has 0 atom stereocenters. The Labute approximate surface area is 244 Å². The van der Waals surface area contributed by atoms with Crippen molar-refractivity contribution in [2.75, 3.05) is 14.1 Å². The Hall–Kier alpha value is -4.90. The highest BCUT2D eigenvalue weighted by atomic mass is 16.4. The number of rotatable bonds is 4. The SMILES string of the molecule is CCn1c2ccccc2c2cc(/C=C3\CCCc4c3oc3cc(=[N+](C)C)ccc-3c4-c3ccc(C(=O)O)cc3)ccc21. The van der Waals surface area contributed by atoms with Gasteiger partial charge >= 0.3 is 5.97 Å². The summed E-state index contributed by atoms with van der Waals surface area (Å²) in [5.74, 6) is 0.834. The average Bonchev–Trinajstić information content (AvgIpc) is 3.33. The Morgan fingerprint density at radius 3 is 2.48 bits per heavy atom. The molecule has 208 valence electrons. The Kier molecular flexibility index (Phi) is 6.31. The van der Waals surface area contributed by atoms with E-state index in [2.05, 4.69) is 82.8 Å². The molecule has 4 aromatic rings. The molecule has 0 saturated carbocycles. The summed E-state index contributed by atoms with van der Waals surface area (Å²) in [4.78, 5) is 11.6. The topological polar surface area (TPSA) is 58.4 Å². The number of aromatic nitrogens is 1. The molecule has 7 rings (SSSR count). The lowest BCUT2D eigenvalue weighted by atomic mass is 9.83. The van der Waals surface area contributed by atoms with Crippen molar-refractivity contribution >= 4 is 39.4 Å². The molecule has 2 heterocycles. The fraction of sp³-hybridized carbons (Fsp3) is 0.189. The maximum atomic E-state index is 11.6. The molecule has 1 N–H and O–H groups in total. The van der Waals surface area contributed by atoms with Gasteiger partial charge in [0.05, 0.1) is 11.6 Å².